The van der Waals surface area contributed by atoms with Gasteiger partial charge in [0.15, 0.2) is 43.0 Å². The lowest BCUT2D eigenvalue weighted by Gasteiger charge is -2.29. The van der Waals surface area contributed by atoms with E-state index in [2.05, 4.69) is 4.98 Å². The Bertz CT molecular complexity index is 3180. The van der Waals surface area contributed by atoms with Gasteiger partial charge in [-0.15, -0.1) is 0 Å². The second-order valence-corrected chi connectivity index (χ2v) is 21.9. The number of likely N-dealkylation sites (N-methyl/N-ethyl adjacent to an activating group) is 2. The van der Waals surface area contributed by atoms with E-state index in [9.17, 15) is 47.9 Å². The van der Waals surface area contributed by atoms with Gasteiger partial charge in [-0.25, -0.2) is 4.79 Å². The molecule has 7 rings (SSSR count). The molecular weight excluding hydrogens is 1120 g/mol. The summed E-state index contributed by atoms with van der Waals surface area (Å²) in [5, 5.41) is 0. The number of carbonyl (C=O) groups excluding carboxylic acids is 8. The van der Waals surface area contributed by atoms with Crippen LogP contribution in [0.3, 0.4) is 0 Å². The molecule has 3 heterocycles. The fourth-order valence-electron chi connectivity index (χ4n) is 8.75. The van der Waals surface area contributed by atoms with E-state index in [1.807, 2.05) is 72.6 Å². The van der Waals surface area contributed by atoms with Gasteiger partial charge >= 0.3 is 53.4 Å². The Morgan fingerprint density at radius 3 is 1.07 bits per heavy atom. The van der Waals surface area contributed by atoms with E-state index in [0.29, 0.717) is 21.1 Å². The van der Waals surface area contributed by atoms with Crippen LogP contribution in [-0.2, 0) is 117 Å². The topological polar surface area (TPSA) is 293 Å². The van der Waals surface area contributed by atoms with Crippen molar-refractivity contribution in [3.05, 3.63) is 177 Å². The van der Waals surface area contributed by atoms with Gasteiger partial charge in [0.1, 0.15) is 71.3 Å². The van der Waals surface area contributed by atoms with Crippen LogP contribution in [0.1, 0.15) is 54.2 Å². The summed E-state index contributed by atoms with van der Waals surface area (Å²) in [6.45, 7) is 0.465. The quantitative estimate of drug-likeness (QED) is 0.0359. The molecule has 1 aromatic heterocycles. The molecule has 4 aromatic carbocycles. The highest BCUT2D eigenvalue weighted by Gasteiger charge is 2.54. The number of methoxy groups -OCH3 is 1. The summed E-state index contributed by atoms with van der Waals surface area (Å²) < 4.78 is 62.2. The number of aromatic amines is 1. The zero-order valence-electron chi connectivity index (χ0n) is 48.8. The number of H-pyrrole nitrogens is 1. The maximum Gasteiger partial charge on any atom is 0.330 e. The Morgan fingerprint density at radius 1 is 0.430 bits per heavy atom. The normalized spacial score (nSPS) is 19.8. The molecule has 8 unspecified atom stereocenters. The first-order valence-corrected chi connectivity index (χ1v) is 27.2. The summed E-state index contributed by atoms with van der Waals surface area (Å²) in [6.07, 6.45) is -10.9. The summed E-state index contributed by atoms with van der Waals surface area (Å²) in [5.74, 6) is -7.07. The van der Waals surface area contributed by atoms with Crippen LogP contribution < -0.4 is 11.2 Å². The Balaban J connectivity index is 0.000000278. The molecule has 0 amide bonds. The summed E-state index contributed by atoms with van der Waals surface area (Å²) in [6, 6.07) is 36.8. The second kappa shape index (κ2) is 31.9. The van der Waals surface area contributed by atoms with Crippen LogP contribution in [0.15, 0.2) is 143 Å². The predicted octanol–water partition coefficient (Wildman–Crippen LogP) is 3.39. The van der Waals surface area contributed by atoms with Gasteiger partial charge in [-0.2, -0.15) is 0 Å². The van der Waals surface area contributed by atoms with Gasteiger partial charge in [-0.1, -0.05) is 121 Å². The fraction of sp³-hybridized carbons (Fsp3) is 0.410. The first-order valence-electron chi connectivity index (χ1n) is 27.2. The zero-order chi connectivity index (χ0) is 62.4. The third-order valence-corrected chi connectivity index (χ3v) is 12.6. The average molecular weight is 1200 g/mol. The average Bonchev–Trinajstić information content (AvgIpc) is 1.75. The minimum absolute atomic E-state index is 0.00632. The van der Waals surface area contributed by atoms with E-state index >= 15 is 0 Å². The standard InChI is InChI=1S/C32H35N3O11.C29H36NO10/c1-35(2,3)18-23-29(45-27(39)16-25(37)42-19-21-10-6-4-7-11-21)30(31(44-23)34-15-14-24(36)33-32(34)41)46-28(40)17-26(38)43-20-22-12-8-5-9-13-22;1-30(2,3)17-22-27(39-25(33)15-23(31)36-18-20-11-7-5-8-12-20)28(29(35-4)38-22)40-26(34)16-24(32)37-19-21-13-9-6-10-14-21/h4-15,23,29-31H,16-20H2,1-3H3;5-14,22,27-29H,15-19H2,1-4H3/q;+1/p+1. The summed E-state index contributed by atoms with van der Waals surface area (Å²) in [5.41, 5.74) is 1.43. The van der Waals surface area contributed by atoms with E-state index in [0.717, 1.165) is 33.5 Å². The second-order valence-electron chi connectivity index (χ2n) is 21.9. The van der Waals surface area contributed by atoms with E-state index < -0.39 is 134 Å². The minimum atomic E-state index is -1.46. The molecule has 0 spiro atoms. The number of quaternary nitrogens is 2. The number of benzene rings is 4. The first kappa shape index (κ1) is 66.3. The van der Waals surface area contributed by atoms with Gasteiger partial charge in [-0.3, -0.25) is 52.7 Å². The Labute approximate surface area is 495 Å². The first-order chi connectivity index (χ1) is 40.9. The van der Waals surface area contributed by atoms with Gasteiger partial charge in [0, 0.05) is 19.4 Å². The Morgan fingerprint density at radius 2 is 0.744 bits per heavy atom. The monoisotopic (exact) mass is 1200 g/mol. The summed E-state index contributed by atoms with van der Waals surface area (Å²) >= 11 is 0. The molecule has 5 aromatic rings. The van der Waals surface area contributed by atoms with Crippen LogP contribution in [0.25, 0.3) is 0 Å². The van der Waals surface area contributed by atoms with E-state index in [4.69, 9.17) is 52.1 Å². The van der Waals surface area contributed by atoms with Crippen LogP contribution in [0.4, 0.5) is 0 Å². The lowest BCUT2D eigenvalue weighted by Crippen LogP contribution is -2.48. The molecule has 2 fully saturated rings. The number of aromatic nitrogens is 2. The maximum atomic E-state index is 13.0. The number of ether oxygens (including phenoxy) is 11. The van der Waals surface area contributed by atoms with Crippen LogP contribution in [0.5, 0.6) is 0 Å². The Kier molecular flexibility index (Phi) is 24.5. The van der Waals surface area contributed by atoms with E-state index in [1.165, 1.54) is 7.11 Å². The van der Waals surface area contributed by atoms with Gasteiger partial charge < -0.3 is 61.1 Å². The molecular formula is C61H72N4O21+2. The van der Waals surface area contributed by atoms with Gasteiger partial charge in [0.05, 0.1) is 42.3 Å². The largest absolute Gasteiger partial charge is 0.460 e. The van der Waals surface area contributed by atoms with Crippen LogP contribution in [-0.4, -0.2) is 172 Å². The predicted molar refractivity (Wildman–Crippen MR) is 300 cm³/mol. The number of rotatable bonds is 26. The summed E-state index contributed by atoms with van der Waals surface area (Å²) in [4.78, 5) is 127. The lowest BCUT2D eigenvalue weighted by molar-refractivity contribution is -0.874. The van der Waals surface area contributed by atoms with Gasteiger partial charge in [0.2, 0.25) is 0 Å². The van der Waals surface area contributed by atoms with Crippen molar-refractivity contribution < 1.29 is 99.4 Å². The number of esters is 8. The van der Waals surface area contributed by atoms with Crippen molar-refractivity contribution in [2.24, 2.45) is 0 Å². The third-order valence-electron chi connectivity index (χ3n) is 12.6. The highest BCUT2D eigenvalue weighted by Crippen LogP contribution is 2.35. The third kappa shape index (κ3) is 22.3. The van der Waals surface area contributed by atoms with Crippen LogP contribution in [0.2, 0.25) is 0 Å². The number of hydrogen-bond donors (Lipinski definition) is 1. The molecule has 0 saturated carbocycles. The molecule has 0 bridgehead atoms. The van der Waals surface area contributed by atoms with Crippen molar-refractivity contribution >= 4 is 47.8 Å². The lowest BCUT2D eigenvalue weighted by atomic mass is 10.1. The molecule has 25 heteroatoms. The van der Waals surface area contributed by atoms with Crippen molar-refractivity contribution in [1.82, 2.24) is 9.55 Å². The van der Waals surface area contributed by atoms with Crippen molar-refractivity contribution in [3.63, 3.8) is 0 Å². The number of hydrogen-bond acceptors (Lipinski definition) is 21. The molecule has 460 valence electrons. The van der Waals surface area contributed by atoms with Crippen molar-refractivity contribution in [2.45, 2.75) is 101 Å². The van der Waals surface area contributed by atoms with Crippen molar-refractivity contribution in [3.8, 4) is 0 Å². The summed E-state index contributed by atoms with van der Waals surface area (Å²) in [7, 11) is 12.6. The highest BCUT2D eigenvalue weighted by molar-refractivity contribution is 5.93. The zero-order valence-corrected chi connectivity index (χ0v) is 48.8. The van der Waals surface area contributed by atoms with Crippen LogP contribution in [0, 0.1) is 0 Å². The molecule has 2 aliphatic heterocycles. The fourth-order valence-corrected chi connectivity index (χ4v) is 8.75. The van der Waals surface area contributed by atoms with E-state index in [1.54, 1.807) is 91.0 Å². The van der Waals surface area contributed by atoms with Gasteiger partial charge in [0.25, 0.3) is 5.56 Å². The molecule has 2 saturated heterocycles. The van der Waals surface area contributed by atoms with E-state index in [-0.39, 0.29) is 33.0 Å². The molecule has 1 N–H and O–H groups in total. The number of carbonyl (C=O) groups is 8. The van der Waals surface area contributed by atoms with Crippen molar-refractivity contribution in [2.75, 3.05) is 62.5 Å². The molecule has 0 aliphatic carbocycles. The molecule has 2 aliphatic rings. The SMILES string of the molecule is COC1OC(C[N+](C)(C)C)C(OC(=O)CC(=O)OCc2ccccc2)C1OC(=O)CC(=O)OCc1ccccc1.C[N+](C)(C)CC1OC(n2ccc(=O)[nH]c2=O)C(OC(=O)CC(=O)OCc2ccccc2)C1OC(=O)CC(=O)OCc1ccccc1. The smallest absolute Gasteiger partial charge is 0.330 e. The maximum absolute atomic E-state index is 13.0. The minimum Gasteiger partial charge on any atom is -0.460 e. The molecule has 25 nitrogen and oxygen atoms in total. The molecule has 86 heavy (non-hydrogen) atoms. The Hall–Kier alpha value is -8.88. The molecule has 8 atom stereocenters. The van der Waals surface area contributed by atoms with Gasteiger partial charge in [-0.05, 0) is 22.3 Å². The highest BCUT2D eigenvalue weighted by atomic mass is 16.7. The molecule has 0 radical (unpaired) electrons. The number of nitrogens with zero attached hydrogens (tertiary/aromatic N) is 3. The van der Waals surface area contributed by atoms with Crippen LogP contribution >= 0.6 is 0 Å². The van der Waals surface area contributed by atoms with Crippen molar-refractivity contribution in [1.29, 1.82) is 0 Å². The number of nitrogens with one attached hydrogen (secondary N) is 1.